The third-order valence-electron chi connectivity index (χ3n) is 3.98. The number of hydrogen-bond acceptors (Lipinski definition) is 3. The van der Waals surface area contributed by atoms with E-state index >= 15 is 0 Å². The number of aliphatic hydroxyl groups is 1. The third kappa shape index (κ3) is 2.67. The van der Waals surface area contributed by atoms with Gasteiger partial charge in [0.25, 0.3) is 0 Å². The fraction of sp³-hybridized carbons (Fsp3) is 0.100. The van der Waals surface area contributed by atoms with Crippen molar-refractivity contribution in [2.45, 2.75) is 5.60 Å². The molecule has 0 fully saturated rings. The van der Waals surface area contributed by atoms with Crippen molar-refractivity contribution in [3.05, 3.63) is 95.6 Å². The van der Waals surface area contributed by atoms with Gasteiger partial charge in [0, 0.05) is 5.56 Å². The highest BCUT2D eigenvalue weighted by atomic mass is 16.5. The monoisotopic (exact) mass is 306 g/mol. The Balaban J connectivity index is 2.29. The van der Waals surface area contributed by atoms with E-state index in [4.69, 9.17) is 4.74 Å². The second-order valence-electron chi connectivity index (χ2n) is 5.33. The van der Waals surface area contributed by atoms with Crippen LogP contribution in [0.15, 0.2) is 78.9 Å². The van der Waals surface area contributed by atoms with Crippen LogP contribution in [0.2, 0.25) is 0 Å². The first-order chi connectivity index (χ1) is 11.2. The van der Waals surface area contributed by atoms with Gasteiger partial charge in [-0.1, -0.05) is 60.7 Å². The first-order valence-corrected chi connectivity index (χ1v) is 7.37. The van der Waals surface area contributed by atoms with Crippen LogP contribution in [-0.4, -0.2) is 17.3 Å². The molecule has 3 aromatic rings. The summed E-state index contributed by atoms with van der Waals surface area (Å²) in [6.45, 7) is 0. The molecule has 3 heteroatoms. The highest BCUT2D eigenvalue weighted by Gasteiger charge is 2.36. The molecule has 3 rings (SSSR count). The average Bonchev–Trinajstić information content (AvgIpc) is 2.63. The van der Waals surface area contributed by atoms with Gasteiger partial charge in [0.1, 0.15) is 17.1 Å². The number of rotatable bonds is 4. The summed E-state index contributed by atoms with van der Waals surface area (Å²) in [6.07, 6.45) is 0. The van der Waals surface area contributed by atoms with Crippen molar-refractivity contribution >= 4 is 0 Å². The Labute approximate surface area is 135 Å². The quantitative estimate of drug-likeness (QED) is 0.723. The zero-order valence-corrected chi connectivity index (χ0v) is 12.8. The minimum absolute atomic E-state index is 0.0148. The van der Waals surface area contributed by atoms with Crippen LogP contribution < -0.4 is 4.74 Å². The molecule has 0 aliphatic rings. The van der Waals surface area contributed by atoms with Crippen molar-refractivity contribution in [2.75, 3.05) is 7.11 Å². The molecule has 3 aromatic carbocycles. The predicted octanol–water partition coefficient (Wildman–Crippen LogP) is 3.69. The van der Waals surface area contributed by atoms with Gasteiger partial charge in [-0.15, -0.1) is 0 Å². The van der Waals surface area contributed by atoms with E-state index in [1.165, 1.54) is 6.07 Å². The SMILES string of the molecule is COc1ccc(O)c(C(O)(c2ccccc2)c2ccccc2)c1. The minimum atomic E-state index is -1.47. The van der Waals surface area contributed by atoms with Gasteiger partial charge < -0.3 is 14.9 Å². The minimum Gasteiger partial charge on any atom is -0.508 e. The lowest BCUT2D eigenvalue weighted by atomic mass is 9.80. The van der Waals surface area contributed by atoms with E-state index in [1.54, 1.807) is 19.2 Å². The summed E-state index contributed by atoms with van der Waals surface area (Å²) in [6, 6.07) is 23.4. The third-order valence-corrected chi connectivity index (χ3v) is 3.98. The molecular weight excluding hydrogens is 288 g/mol. The molecule has 0 radical (unpaired) electrons. The summed E-state index contributed by atoms with van der Waals surface area (Å²) in [4.78, 5) is 0. The van der Waals surface area contributed by atoms with Crippen molar-refractivity contribution in [3.63, 3.8) is 0 Å². The molecule has 2 N–H and O–H groups in total. The molecule has 3 nitrogen and oxygen atoms in total. The van der Waals surface area contributed by atoms with Gasteiger partial charge in [-0.05, 0) is 29.3 Å². The maximum absolute atomic E-state index is 11.6. The van der Waals surface area contributed by atoms with Gasteiger partial charge in [-0.3, -0.25) is 0 Å². The van der Waals surface area contributed by atoms with E-state index in [-0.39, 0.29) is 5.75 Å². The number of aromatic hydroxyl groups is 1. The number of methoxy groups -OCH3 is 1. The van der Waals surface area contributed by atoms with Crippen LogP contribution in [0.1, 0.15) is 16.7 Å². The second kappa shape index (κ2) is 6.15. The number of phenols is 1. The zero-order chi connectivity index (χ0) is 16.3. The van der Waals surface area contributed by atoms with Crippen LogP contribution in [0, 0.1) is 0 Å². The highest BCUT2D eigenvalue weighted by molar-refractivity contribution is 5.54. The number of benzene rings is 3. The van der Waals surface area contributed by atoms with Crippen molar-refractivity contribution in [3.8, 4) is 11.5 Å². The molecule has 116 valence electrons. The molecular formula is C20H18O3. The first kappa shape index (κ1) is 15.1. The standard InChI is InChI=1S/C20H18O3/c1-23-17-12-13-19(21)18(14-17)20(22,15-8-4-2-5-9-15)16-10-6-3-7-11-16/h2-14,21-22H,1H3. The highest BCUT2D eigenvalue weighted by Crippen LogP contribution is 2.42. The van der Waals surface area contributed by atoms with E-state index in [0.717, 1.165) is 0 Å². The summed E-state index contributed by atoms with van der Waals surface area (Å²) in [5, 5.41) is 22.0. The van der Waals surface area contributed by atoms with Gasteiger partial charge in [-0.25, -0.2) is 0 Å². The lowest BCUT2D eigenvalue weighted by Crippen LogP contribution is -2.29. The lowest BCUT2D eigenvalue weighted by Gasteiger charge is -2.31. The predicted molar refractivity (Wildman–Crippen MR) is 89.6 cm³/mol. The average molecular weight is 306 g/mol. The van der Waals surface area contributed by atoms with Gasteiger partial charge in [0.2, 0.25) is 0 Å². The van der Waals surface area contributed by atoms with Gasteiger partial charge >= 0.3 is 0 Å². The van der Waals surface area contributed by atoms with Crippen LogP contribution in [0.5, 0.6) is 11.5 Å². The van der Waals surface area contributed by atoms with Gasteiger partial charge in [0.15, 0.2) is 0 Å². The van der Waals surface area contributed by atoms with E-state index in [9.17, 15) is 10.2 Å². The molecule has 0 bridgehead atoms. The van der Waals surface area contributed by atoms with Crippen molar-refractivity contribution in [2.24, 2.45) is 0 Å². The Morgan fingerprint density at radius 1 is 0.783 bits per heavy atom. The van der Waals surface area contributed by atoms with Gasteiger partial charge in [-0.2, -0.15) is 0 Å². The van der Waals surface area contributed by atoms with E-state index in [2.05, 4.69) is 0 Å². The lowest BCUT2D eigenvalue weighted by molar-refractivity contribution is 0.122. The topological polar surface area (TPSA) is 49.7 Å². The molecule has 0 atom stereocenters. The van der Waals surface area contributed by atoms with Crippen LogP contribution in [-0.2, 0) is 5.60 Å². The van der Waals surface area contributed by atoms with Crippen LogP contribution in [0.3, 0.4) is 0 Å². The maximum atomic E-state index is 11.6. The maximum Gasteiger partial charge on any atom is 0.144 e. The molecule has 0 aliphatic heterocycles. The van der Waals surface area contributed by atoms with E-state index in [0.29, 0.717) is 22.4 Å². The van der Waals surface area contributed by atoms with Crippen molar-refractivity contribution in [1.29, 1.82) is 0 Å². The Kier molecular flexibility index (Phi) is 4.04. The second-order valence-corrected chi connectivity index (χ2v) is 5.33. The zero-order valence-electron chi connectivity index (χ0n) is 12.8. The van der Waals surface area contributed by atoms with Crippen LogP contribution in [0.25, 0.3) is 0 Å². The molecule has 0 spiro atoms. The summed E-state index contributed by atoms with van der Waals surface area (Å²) in [5.41, 5.74) is 0.264. The molecule has 23 heavy (non-hydrogen) atoms. The molecule has 0 aliphatic carbocycles. The summed E-state index contributed by atoms with van der Waals surface area (Å²) in [7, 11) is 1.56. The fourth-order valence-electron chi connectivity index (χ4n) is 2.77. The Bertz CT molecular complexity index is 743. The first-order valence-electron chi connectivity index (χ1n) is 7.37. The number of phenolic OH excluding ortho intramolecular Hbond substituents is 1. The smallest absolute Gasteiger partial charge is 0.144 e. The van der Waals surface area contributed by atoms with Gasteiger partial charge in [0.05, 0.1) is 7.11 Å². The molecule has 0 saturated carbocycles. The number of hydrogen-bond donors (Lipinski definition) is 2. The normalized spacial score (nSPS) is 11.2. The fourth-order valence-corrected chi connectivity index (χ4v) is 2.77. The van der Waals surface area contributed by atoms with Crippen molar-refractivity contribution < 1.29 is 14.9 Å². The van der Waals surface area contributed by atoms with E-state index < -0.39 is 5.60 Å². The molecule has 0 unspecified atom stereocenters. The summed E-state index contributed by atoms with van der Waals surface area (Å²) < 4.78 is 5.25. The molecule has 0 saturated heterocycles. The Morgan fingerprint density at radius 2 is 1.30 bits per heavy atom. The number of ether oxygens (including phenoxy) is 1. The molecule has 0 aromatic heterocycles. The molecule has 0 heterocycles. The Morgan fingerprint density at radius 3 is 1.78 bits per heavy atom. The van der Waals surface area contributed by atoms with Crippen molar-refractivity contribution in [1.82, 2.24) is 0 Å². The Hall–Kier alpha value is -2.78. The van der Waals surface area contributed by atoms with Crippen LogP contribution >= 0.6 is 0 Å². The summed E-state index contributed by atoms with van der Waals surface area (Å²) >= 11 is 0. The van der Waals surface area contributed by atoms with Crippen LogP contribution in [0.4, 0.5) is 0 Å². The molecule has 0 amide bonds. The summed E-state index contributed by atoms with van der Waals surface area (Å²) in [5.74, 6) is 0.587. The largest absolute Gasteiger partial charge is 0.508 e. The van der Waals surface area contributed by atoms with E-state index in [1.807, 2.05) is 60.7 Å².